The third-order valence-corrected chi connectivity index (χ3v) is 6.24. The number of benzene rings is 4. The molecule has 0 N–H and O–H groups in total. The fourth-order valence-electron chi connectivity index (χ4n) is 4.79. The molecular weight excluding hydrogens is 360 g/mol. The van der Waals surface area contributed by atoms with Gasteiger partial charge in [0.1, 0.15) is 0 Å². The summed E-state index contributed by atoms with van der Waals surface area (Å²) in [6.07, 6.45) is 2.14. The summed E-state index contributed by atoms with van der Waals surface area (Å²) in [4.78, 5) is 0. The molecule has 0 aliphatic heterocycles. The minimum atomic E-state index is 0.675. The lowest BCUT2D eigenvalue weighted by Gasteiger charge is -2.17. The van der Waals surface area contributed by atoms with E-state index in [9.17, 15) is 0 Å². The molecule has 30 heavy (non-hydrogen) atoms. The van der Waals surface area contributed by atoms with Crippen LogP contribution in [-0.2, 0) is 12.8 Å². The van der Waals surface area contributed by atoms with Gasteiger partial charge in [-0.3, -0.25) is 0 Å². The minimum Gasteiger partial charge on any atom is -0.0625 e. The second-order valence-electron chi connectivity index (χ2n) is 9.01. The average Bonchev–Trinajstić information content (AvgIpc) is 3.13. The fraction of sp³-hybridized carbons (Fsp3) is 0.200. The molecule has 0 nitrogen and oxygen atoms in total. The van der Waals surface area contributed by atoms with Gasteiger partial charge in [0.25, 0.3) is 0 Å². The van der Waals surface area contributed by atoms with Gasteiger partial charge in [-0.1, -0.05) is 104 Å². The van der Waals surface area contributed by atoms with Crippen LogP contribution in [0.2, 0.25) is 0 Å². The zero-order chi connectivity index (χ0) is 20.7. The molecule has 1 aliphatic rings. The fourth-order valence-corrected chi connectivity index (χ4v) is 4.79. The van der Waals surface area contributed by atoms with E-state index in [1.165, 1.54) is 55.6 Å². The largest absolute Gasteiger partial charge is 0.0625 e. The van der Waals surface area contributed by atoms with Crippen molar-refractivity contribution in [2.45, 2.75) is 33.6 Å². The van der Waals surface area contributed by atoms with E-state index in [-0.39, 0.29) is 0 Å². The van der Waals surface area contributed by atoms with E-state index in [2.05, 4.69) is 106 Å². The molecule has 4 aromatic rings. The molecule has 0 bridgehead atoms. The van der Waals surface area contributed by atoms with Gasteiger partial charge in [-0.25, -0.2) is 0 Å². The topological polar surface area (TPSA) is 0 Å². The van der Waals surface area contributed by atoms with Crippen molar-refractivity contribution in [3.63, 3.8) is 0 Å². The molecule has 0 atom stereocenters. The Labute approximate surface area is 180 Å². The van der Waals surface area contributed by atoms with Gasteiger partial charge in [0, 0.05) is 0 Å². The summed E-state index contributed by atoms with van der Waals surface area (Å²) in [6, 6.07) is 31.7. The number of fused-ring (bicyclic) bond motifs is 3. The first-order valence-electron chi connectivity index (χ1n) is 11.0. The second-order valence-corrected chi connectivity index (χ2v) is 9.01. The first-order valence-corrected chi connectivity index (χ1v) is 11.0. The van der Waals surface area contributed by atoms with Crippen LogP contribution in [0.4, 0.5) is 0 Å². The van der Waals surface area contributed by atoms with Gasteiger partial charge in [0.2, 0.25) is 0 Å². The van der Waals surface area contributed by atoms with E-state index in [0.717, 1.165) is 12.8 Å². The Balaban J connectivity index is 1.70. The van der Waals surface area contributed by atoms with Gasteiger partial charge in [0.15, 0.2) is 0 Å². The van der Waals surface area contributed by atoms with E-state index >= 15 is 0 Å². The van der Waals surface area contributed by atoms with Crippen LogP contribution in [0.15, 0.2) is 84.9 Å². The van der Waals surface area contributed by atoms with Crippen LogP contribution in [0.5, 0.6) is 0 Å². The summed E-state index contributed by atoms with van der Waals surface area (Å²) in [7, 11) is 0. The minimum absolute atomic E-state index is 0.675. The maximum absolute atomic E-state index is 2.33. The van der Waals surface area contributed by atoms with Crippen LogP contribution in [0, 0.1) is 12.8 Å². The van der Waals surface area contributed by atoms with Crippen molar-refractivity contribution < 1.29 is 0 Å². The Kier molecular flexibility index (Phi) is 4.79. The molecule has 0 unspecified atom stereocenters. The highest BCUT2D eigenvalue weighted by molar-refractivity contribution is 5.93. The molecule has 1 aliphatic carbocycles. The number of hydrogen-bond acceptors (Lipinski definition) is 0. The Morgan fingerprint density at radius 3 is 2.07 bits per heavy atom. The van der Waals surface area contributed by atoms with E-state index in [1.54, 1.807) is 0 Å². The van der Waals surface area contributed by atoms with Crippen LogP contribution < -0.4 is 0 Å². The van der Waals surface area contributed by atoms with Gasteiger partial charge in [-0.15, -0.1) is 0 Å². The van der Waals surface area contributed by atoms with Gasteiger partial charge >= 0.3 is 0 Å². The average molecular weight is 389 g/mol. The summed E-state index contributed by atoms with van der Waals surface area (Å²) in [5.41, 5.74) is 13.7. The molecule has 0 saturated carbocycles. The number of rotatable bonds is 4. The zero-order valence-electron chi connectivity index (χ0n) is 18.1. The monoisotopic (exact) mass is 388 g/mol. The van der Waals surface area contributed by atoms with Gasteiger partial charge in [0.05, 0.1) is 0 Å². The Hall–Kier alpha value is -3.12. The summed E-state index contributed by atoms with van der Waals surface area (Å²) in [5, 5.41) is 0. The second kappa shape index (κ2) is 7.61. The summed E-state index contributed by atoms with van der Waals surface area (Å²) in [6.45, 7) is 6.72. The highest BCUT2D eigenvalue weighted by atomic mass is 14.3. The van der Waals surface area contributed by atoms with Crippen molar-refractivity contribution in [3.8, 4) is 33.4 Å². The van der Waals surface area contributed by atoms with Gasteiger partial charge in [-0.05, 0) is 75.8 Å². The van der Waals surface area contributed by atoms with Crippen LogP contribution in [0.25, 0.3) is 33.4 Å². The molecule has 0 heterocycles. The predicted molar refractivity (Wildman–Crippen MR) is 129 cm³/mol. The first-order chi connectivity index (χ1) is 14.6. The van der Waals surface area contributed by atoms with Crippen molar-refractivity contribution in [1.82, 2.24) is 0 Å². The van der Waals surface area contributed by atoms with Crippen LogP contribution in [0.1, 0.15) is 36.1 Å². The smallest absolute Gasteiger partial charge is 0.000706 e. The predicted octanol–water partition coefficient (Wildman–Crippen LogP) is 8.10. The summed E-state index contributed by atoms with van der Waals surface area (Å²) < 4.78 is 0. The molecule has 5 rings (SSSR count). The maximum atomic E-state index is 2.33. The van der Waals surface area contributed by atoms with E-state index in [0.29, 0.717) is 5.92 Å². The Bertz CT molecular complexity index is 1190. The normalized spacial score (nSPS) is 12.1. The highest BCUT2D eigenvalue weighted by Crippen LogP contribution is 2.45. The van der Waals surface area contributed by atoms with E-state index in [1.807, 2.05) is 0 Å². The zero-order valence-corrected chi connectivity index (χ0v) is 18.1. The molecule has 0 radical (unpaired) electrons. The van der Waals surface area contributed by atoms with Gasteiger partial charge in [-0.2, -0.15) is 0 Å². The molecule has 148 valence electrons. The quantitative estimate of drug-likeness (QED) is 0.292. The molecule has 4 aromatic carbocycles. The van der Waals surface area contributed by atoms with Crippen LogP contribution >= 0.6 is 0 Å². The summed E-state index contributed by atoms with van der Waals surface area (Å²) in [5.74, 6) is 0.675. The van der Waals surface area contributed by atoms with Crippen molar-refractivity contribution >= 4 is 0 Å². The SMILES string of the molecule is Cc1ccc(-c2ccc3c(c2-c2ccc(CC(C)C)cc2)Cc2ccccc2-3)cc1. The van der Waals surface area contributed by atoms with Gasteiger partial charge < -0.3 is 0 Å². The molecule has 0 saturated heterocycles. The molecular formula is C30H28. The molecule has 0 aromatic heterocycles. The van der Waals surface area contributed by atoms with Crippen molar-refractivity contribution in [2.75, 3.05) is 0 Å². The Morgan fingerprint density at radius 2 is 1.33 bits per heavy atom. The van der Waals surface area contributed by atoms with Crippen LogP contribution in [0.3, 0.4) is 0 Å². The maximum Gasteiger partial charge on any atom is -0.000706 e. The van der Waals surface area contributed by atoms with Crippen molar-refractivity contribution in [1.29, 1.82) is 0 Å². The Morgan fingerprint density at radius 1 is 0.667 bits per heavy atom. The molecule has 0 heteroatoms. The highest BCUT2D eigenvalue weighted by Gasteiger charge is 2.24. The third-order valence-electron chi connectivity index (χ3n) is 6.24. The lowest BCUT2D eigenvalue weighted by atomic mass is 9.87. The lowest BCUT2D eigenvalue weighted by molar-refractivity contribution is 0.647. The first kappa shape index (κ1) is 18.9. The molecule has 0 fully saturated rings. The lowest BCUT2D eigenvalue weighted by Crippen LogP contribution is -1.96. The number of hydrogen-bond donors (Lipinski definition) is 0. The van der Waals surface area contributed by atoms with E-state index < -0.39 is 0 Å². The summed E-state index contributed by atoms with van der Waals surface area (Å²) >= 11 is 0. The number of aryl methyl sites for hydroxylation is 1. The van der Waals surface area contributed by atoms with Crippen molar-refractivity contribution in [2.24, 2.45) is 5.92 Å². The standard InChI is InChI=1S/C30H28/c1-20(2)18-22-10-14-24(15-11-22)30-27(23-12-8-21(3)9-13-23)16-17-28-26-7-5-4-6-25(26)19-29(28)30/h4-17,20H,18-19H2,1-3H3. The van der Waals surface area contributed by atoms with Crippen LogP contribution in [-0.4, -0.2) is 0 Å². The molecule has 0 spiro atoms. The third kappa shape index (κ3) is 3.37. The van der Waals surface area contributed by atoms with Crippen molar-refractivity contribution in [3.05, 3.63) is 107 Å². The molecule has 0 amide bonds. The van der Waals surface area contributed by atoms with E-state index in [4.69, 9.17) is 0 Å².